The second-order valence-corrected chi connectivity index (χ2v) is 7.72. The maximum absolute atomic E-state index is 6.20. The van der Waals surface area contributed by atoms with Gasteiger partial charge in [0, 0.05) is 30.4 Å². The minimum absolute atomic E-state index is 0.284. The van der Waals surface area contributed by atoms with Crippen LogP contribution in [0.2, 0.25) is 0 Å². The molecule has 0 aromatic rings. The zero-order valence-electron chi connectivity index (χ0n) is 11.6. The van der Waals surface area contributed by atoms with Gasteiger partial charge in [0.2, 0.25) is 0 Å². The van der Waals surface area contributed by atoms with Crippen LogP contribution in [-0.4, -0.2) is 41.1 Å². The van der Waals surface area contributed by atoms with Gasteiger partial charge in [0.15, 0.2) is 0 Å². The molecule has 0 saturated carbocycles. The first-order chi connectivity index (χ1) is 8.08. The molecule has 17 heavy (non-hydrogen) atoms. The lowest BCUT2D eigenvalue weighted by molar-refractivity contribution is 0.0215. The number of piperidine rings is 1. The summed E-state index contributed by atoms with van der Waals surface area (Å²) in [4.78, 5) is 2.74. The topological polar surface area (TPSA) is 29.3 Å². The van der Waals surface area contributed by atoms with E-state index in [0.717, 1.165) is 18.4 Å². The first-order valence-corrected chi connectivity index (χ1v) is 8.20. The summed E-state index contributed by atoms with van der Waals surface area (Å²) in [6.07, 6.45) is 4.03. The molecule has 2 N–H and O–H groups in total. The highest BCUT2D eigenvalue weighted by Gasteiger charge is 2.44. The van der Waals surface area contributed by atoms with Gasteiger partial charge in [0.25, 0.3) is 0 Å². The normalized spacial score (nSPS) is 44.8. The van der Waals surface area contributed by atoms with Crippen molar-refractivity contribution in [3.8, 4) is 0 Å². The summed E-state index contributed by atoms with van der Waals surface area (Å²) >= 11 is 2.12. The Morgan fingerprint density at radius 3 is 2.41 bits per heavy atom. The number of nitrogens with zero attached hydrogens (tertiary/aromatic N) is 1. The highest BCUT2D eigenvalue weighted by Crippen LogP contribution is 2.40. The van der Waals surface area contributed by atoms with Crippen molar-refractivity contribution in [2.75, 3.05) is 25.4 Å². The molecular formula is C14H28N2S. The number of hydrogen-bond donors (Lipinski definition) is 1. The second kappa shape index (κ2) is 5.50. The Morgan fingerprint density at radius 1 is 1.24 bits per heavy atom. The Hall–Kier alpha value is 0.270. The van der Waals surface area contributed by atoms with Crippen molar-refractivity contribution in [2.24, 2.45) is 17.6 Å². The Balaban J connectivity index is 2.15. The van der Waals surface area contributed by atoms with Crippen LogP contribution >= 0.6 is 11.8 Å². The van der Waals surface area contributed by atoms with Crippen molar-refractivity contribution in [3.63, 3.8) is 0 Å². The molecule has 2 nitrogen and oxygen atoms in total. The highest BCUT2D eigenvalue weighted by atomic mass is 32.2. The fraction of sp³-hybridized carbons (Fsp3) is 1.00. The van der Waals surface area contributed by atoms with Gasteiger partial charge < -0.3 is 5.73 Å². The summed E-state index contributed by atoms with van der Waals surface area (Å²) in [6, 6.07) is 0. The standard InChI is InChI=1S/C14H28N2S/c1-11-7-12(2)9-16(8-11)14(10-15)5-4-6-17-13(14)3/h11-13H,4-10,15H2,1-3H3. The predicted octanol–water partition coefficient (Wildman–Crippen LogP) is 2.58. The van der Waals surface area contributed by atoms with Crippen LogP contribution in [0.1, 0.15) is 40.0 Å². The third-order valence-corrected chi connectivity index (χ3v) is 6.19. The first-order valence-electron chi connectivity index (χ1n) is 7.15. The summed E-state index contributed by atoms with van der Waals surface area (Å²) in [5, 5.41) is 0.693. The van der Waals surface area contributed by atoms with Gasteiger partial charge in [-0.1, -0.05) is 20.8 Å². The van der Waals surface area contributed by atoms with Crippen LogP contribution in [0.5, 0.6) is 0 Å². The Kier molecular flexibility index (Phi) is 4.43. The molecule has 0 amide bonds. The van der Waals surface area contributed by atoms with E-state index in [1.807, 2.05) is 0 Å². The van der Waals surface area contributed by atoms with Crippen molar-refractivity contribution in [1.29, 1.82) is 0 Å². The molecule has 0 aromatic carbocycles. The molecule has 100 valence electrons. The molecule has 2 aliphatic rings. The number of thioether (sulfide) groups is 1. The monoisotopic (exact) mass is 256 g/mol. The minimum atomic E-state index is 0.284. The SMILES string of the molecule is CC1CC(C)CN(C2(CN)CCCSC2C)C1. The van der Waals surface area contributed by atoms with Crippen LogP contribution in [0.25, 0.3) is 0 Å². The molecular weight excluding hydrogens is 228 g/mol. The van der Waals surface area contributed by atoms with E-state index in [1.54, 1.807) is 0 Å². The quantitative estimate of drug-likeness (QED) is 0.823. The van der Waals surface area contributed by atoms with Gasteiger partial charge in [0.1, 0.15) is 0 Å². The van der Waals surface area contributed by atoms with Gasteiger partial charge in [-0.2, -0.15) is 11.8 Å². The lowest BCUT2D eigenvalue weighted by Crippen LogP contribution is -2.63. The van der Waals surface area contributed by atoms with Crippen LogP contribution in [0.15, 0.2) is 0 Å². The molecule has 2 saturated heterocycles. The number of likely N-dealkylation sites (tertiary alicyclic amines) is 1. The van der Waals surface area contributed by atoms with Crippen molar-refractivity contribution < 1.29 is 0 Å². The number of rotatable bonds is 2. The van der Waals surface area contributed by atoms with E-state index in [-0.39, 0.29) is 5.54 Å². The summed E-state index contributed by atoms with van der Waals surface area (Å²) in [6.45, 7) is 10.5. The molecule has 0 bridgehead atoms. The third kappa shape index (κ3) is 2.66. The van der Waals surface area contributed by atoms with Crippen LogP contribution in [-0.2, 0) is 0 Å². The maximum atomic E-state index is 6.20. The van der Waals surface area contributed by atoms with Gasteiger partial charge in [0.05, 0.1) is 0 Å². The van der Waals surface area contributed by atoms with Crippen molar-refractivity contribution in [3.05, 3.63) is 0 Å². The Morgan fingerprint density at radius 2 is 1.88 bits per heavy atom. The summed E-state index contributed by atoms with van der Waals surface area (Å²) < 4.78 is 0. The Bertz CT molecular complexity index is 249. The van der Waals surface area contributed by atoms with E-state index < -0.39 is 0 Å². The molecule has 4 atom stereocenters. The summed E-state index contributed by atoms with van der Waals surface area (Å²) in [5.74, 6) is 2.99. The van der Waals surface area contributed by atoms with E-state index in [2.05, 4.69) is 37.4 Å². The van der Waals surface area contributed by atoms with Gasteiger partial charge in [-0.3, -0.25) is 4.90 Å². The fourth-order valence-electron chi connectivity index (χ4n) is 3.84. The van der Waals surface area contributed by atoms with Crippen LogP contribution in [0, 0.1) is 11.8 Å². The molecule has 0 aromatic heterocycles. The minimum Gasteiger partial charge on any atom is -0.329 e. The first kappa shape index (κ1) is 13.7. The van der Waals surface area contributed by atoms with E-state index in [1.165, 1.54) is 38.1 Å². The molecule has 0 radical (unpaired) electrons. The average Bonchev–Trinajstić information content (AvgIpc) is 2.28. The van der Waals surface area contributed by atoms with Crippen LogP contribution < -0.4 is 5.73 Å². The smallest absolute Gasteiger partial charge is 0.0447 e. The van der Waals surface area contributed by atoms with Crippen LogP contribution in [0.4, 0.5) is 0 Å². The summed E-state index contributed by atoms with van der Waals surface area (Å²) in [7, 11) is 0. The molecule has 0 aliphatic carbocycles. The van der Waals surface area contributed by atoms with Crippen molar-refractivity contribution in [1.82, 2.24) is 4.90 Å². The van der Waals surface area contributed by atoms with Gasteiger partial charge in [-0.25, -0.2) is 0 Å². The molecule has 4 unspecified atom stereocenters. The van der Waals surface area contributed by atoms with Gasteiger partial charge >= 0.3 is 0 Å². The third-order valence-electron chi connectivity index (χ3n) is 4.73. The van der Waals surface area contributed by atoms with Crippen molar-refractivity contribution in [2.45, 2.75) is 50.8 Å². The van der Waals surface area contributed by atoms with Crippen LogP contribution in [0.3, 0.4) is 0 Å². The van der Waals surface area contributed by atoms with E-state index in [4.69, 9.17) is 5.73 Å². The van der Waals surface area contributed by atoms with Crippen molar-refractivity contribution >= 4 is 11.8 Å². The molecule has 0 spiro atoms. The number of nitrogens with two attached hydrogens (primary N) is 1. The van der Waals surface area contributed by atoms with Gasteiger partial charge in [-0.15, -0.1) is 0 Å². The molecule has 3 heteroatoms. The molecule has 2 rings (SSSR count). The van der Waals surface area contributed by atoms with Gasteiger partial charge in [-0.05, 0) is 36.9 Å². The van der Waals surface area contributed by atoms with E-state index >= 15 is 0 Å². The predicted molar refractivity (Wildman–Crippen MR) is 77.5 cm³/mol. The van der Waals surface area contributed by atoms with E-state index in [0.29, 0.717) is 5.25 Å². The zero-order chi connectivity index (χ0) is 12.5. The lowest BCUT2D eigenvalue weighted by atomic mass is 9.82. The molecule has 2 fully saturated rings. The molecule has 2 aliphatic heterocycles. The zero-order valence-corrected chi connectivity index (χ0v) is 12.4. The van der Waals surface area contributed by atoms with E-state index in [9.17, 15) is 0 Å². The highest BCUT2D eigenvalue weighted by molar-refractivity contribution is 8.00. The molecule has 2 heterocycles. The lowest BCUT2D eigenvalue weighted by Gasteiger charge is -2.53. The fourth-order valence-corrected chi connectivity index (χ4v) is 5.17. The largest absolute Gasteiger partial charge is 0.329 e. The summed E-state index contributed by atoms with van der Waals surface area (Å²) in [5.41, 5.74) is 6.48. The maximum Gasteiger partial charge on any atom is 0.0447 e. The average molecular weight is 256 g/mol. The number of hydrogen-bond acceptors (Lipinski definition) is 3. The Labute approximate surface area is 111 Å². The second-order valence-electron chi connectivity index (χ2n) is 6.28.